The second kappa shape index (κ2) is 7.88. The van der Waals surface area contributed by atoms with E-state index in [1.165, 1.54) is 5.56 Å². The van der Waals surface area contributed by atoms with Crippen LogP contribution in [0.1, 0.15) is 34.3 Å². The number of nitrogens with one attached hydrogen (secondary N) is 2. The van der Waals surface area contributed by atoms with Crippen LogP contribution in [0.15, 0.2) is 59.7 Å². The van der Waals surface area contributed by atoms with Crippen molar-refractivity contribution in [1.29, 1.82) is 0 Å². The number of likely N-dealkylation sites (tertiary alicyclic amines) is 1. The first-order valence-electron chi connectivity index (χ1n) is 8.51. The van der Waals surface area contributed by atoms with Crippen molar-refractivity contribution in [3.63, 3.8) is 0 Å². The van der Waals surface area contributed by atoms with E-state index in [1.807, 2.05) is 31.2 Å². The number of nitrogens with zero attached hydrogens (tertiary/aromatic N) is 1. The fraction of sp³-hybridized carbons (Fsp3) is 0.300. The lowest BCUT2D eigenvalue weighted by Crippen LogP contribution is -3.11. The summed E-state index contributed by atoms with van der Waals surface area (Å²) in [5.41, 5.74) is 6.84. The zero-order chi connectivity index (χ0) is 16.8. The van der Waals surface area contributed by atoms with Crippen LogP contribution in [0.25, 0.3) is 0 Å². The Kier molecular flexibility index (Phi) is 5.39. The summed E-state index contributed by atoms with van der Waals surface area (Å²) in [6.07, 6.45) is 1.88. The van der Waals surface area contributed by atoms with Crippen LogP contribution >= 0.6 is 0 Å². The van der Waals surface area contributed by atoms with Crippen LogP contribution < -0.4 is 10.3 Å². The van der Waals surface area contributed by atoms with Gasteiger partial charge in [-0.05, 0) is 18.6 Å². The summed E-state index contributed by atoms with van der Waals surface area (Å²) < 4.78 is 0. The van der Waals surface area contributed by atoms with Gasteiger partial charge in [0.15, 0.2) is 0 Å². The van der Waals surface area contributed by atoms with Crippen molar-refractivity contribution in [2.24, 2.45) is 5.10 Å². The van der Waals surface area contributed by atoms with Gasteiger partial charge in [0.2, 0.25) is 0 Å². The number of piperidine rings is 1. The van der Waals surface area contributed by atoms with E-state index in [9.17, 15) is 4.79 Å². The molecule has 2 aromatic carbocycles. The summed E-state index contributed by atoms with van der Waals surface area (Å²) in [5, 5.41) is 4.35. The standard InChI is InChI=1S/C20H23N3O/c1-16-7-5-6-10-19(16)20(24)22-21-18-11-13-23(14-12-18)15-17-8-3-2-4-9-17/h2-10H,11-15H2,1H3,(H,22,24)/p+1. The smallest absolute Gasteiger partial charge is 0.271 e. The molecule has 0 aromatic heterocycles. The van der Waals surface area contributed by atoms with E-state index in [1.54, 1.807) is 4.90 Å². The third kappa shape index (κ3) is 4.30. The lowest BCUT2D eigenvalue weighted by molar-refractivity contribution is -0.914. The lowest BCUT2D eigenvalue weighted by Gasteiger charge is -2.24. The van der Waals surface area contributed by atoms with Crippen LogP contribution in [-0.2, 0) is 6.54 Å². The number of rotatable bonds is 4. The van der Waals surface area contributed by atoms with E-state index in [2.05, 4.69) is 40.9 Å². The molecule has 3 rings (SSSR count). The highest BCUT2D eigenvalue weighted by Crippen LogP contribution is 2.06. The zero-order valence-electron chi connectivity index (χ0n) is 14.1. The van der Waals surface area contributed by atoms with E-state index >= 15 is 0 Å². The monoisotopic (exact) mass is 322 g/mol. The van der Waals surface area contributed by atoms with E-state index in [0.717, 1.165) is 43.8 Å². The van der Waals surface area contributed by atoms with Crippen LogP contribution in [0.5, 0.6) is 0 Å². The number of hydrogen-bond acceptors (Lipinski definition) is 2. The quantitative estimate of drug-likeness (QED) is 0.831. The minimum Gasteiger partial charge on any atom is -0.331 e. The Hall–Kier alpha value is -2.46. The molecule has 1 aliphatic heterocycles. The predicted octanol–water partition coefficient (Wildman–Crippen LogP) is 1.96. The molecule has 1 heterocycles. The second-order valence-corrected chi connectivity index (χ2v) is 6.35. The zero-order valence-corrected chi connectivity index (χ0v) is 14.1. The van der Waals surface area contributed by atoms with Gasteiger partial charge in [-0.1, -0.05) is 48.5 Å². The number of hydrogen-bond donors (Lipinski definition) is 2. The molecule has 1 saturated heterocycles. The maximum atomic E-state index is 12.2. The summed E-state index contributed by atoms with van der Waals surface area (Å²) in [6, 6.07) is 18.2. The SMILES string of the molecule is Cc1ccccc1C(=O)NN=C1CC[NH+](Cc2ccccc2)CC1. The normalized spacial score (nSPS) is 17.4. The summed E-state index contributed by atoms with van der Waals surface area (Å²) in [5.74, 6) is -0.125. The van der Waals surface area contributed by atoms with Gasteiger partial charge >= 0.3 is 0 Å². The fourth-order valence-corrected chi connectivity index (χ4v) is 3.08. The van der Waals surface area contributed by atoms with E-state index in [4.69, 9.17) is 0 Å². The molecule has 124 valence electrons. The molecule has 2 aromatic rings. The molecule has 4 heteroatoms. The lowest BCUT2D eigenvalue weighted by atomic mass is 10.1. The summed E-state index contributed by atoms with van der Waals surface area (Å²) in [4.78, 5) is 13.8. The third-order valence-corrected chi connectivity index (χ3v) is 4.54. The van der Waals surface area contributed by atoms with Crippen LogP contribution in [0.3, 0.4) is 0 Å². The van der Waals surface area contributed by atoms with E-state index < -0.39 is 0 Å². The number of aryl methyl sites for hydroxylation is 1. The minimum absolute atomic E-state index is 0.125. The summed E-state index contributed by atoms with van der Waals surface area (Å²) in [6.45, 7) is 5.12. The molecule has 1 fully saturated rings. The topological polar surface area (TPSA) is 45.9 Å². The first kappa shape index (κ1) is 16.4. The van der Waals surface area contributed by atoms with Gasteiger partial charge < -0.3 is 4.90 Å². The van der Waals surface area contributed by atoms with Crippen molar-refractivity contribution in [3.8, 4) is 0 Å². The van der Waals surface area contributed by atoms with Crippen molar-refractivity contribution in [3.05, 3.63) is 71.3 Å². The molecule has 2 N–H and O–H groups in total. The van der Waals surface area contributed by atoms with Crippen molar-refractivity contribution in [1.82, 2.24) is 5.43 Å². The van der Waals surface area contributed by atoms with Gasteiger partial charge in [-0.25, -0.2) is 5.43 Å². The van der Waals surface area contributed by atoms with Gasteiger partial charge in [0.1, 0.15) is 6.54 Å². The van der Waals surface area contributed by atoms with Gasteiger partial charge in [0.05, 0.1) is 13.1 Å². The first-order chi connectivity index (χ1) is 11.7. The largest absolute Gasteiger partial charge is 0.331 e. The Bertz CT molecular complexity index is 715. The van der Waals surface area contributed by atoms with Crippen LogP contribution in [0, 0.1) is 6.92 Å². The number of amides is 1. The number of carbonyl (C=O) groups is 1. The van der Waals surface area contributed by atoms with Crippen LogP contribution in [0.2, 0.25) is 0 Å². The van der Waals surface area contributed by atoms with E-state index in [0.29, 0.717) is 5.56 Å². The van der Waals surface area contributed by atoms with Crippen molar-refractivity contribution < 1.29 is 9.69 Å². The Morgan fingerprint density at radius 1 is 1.04 bits per heavy atom. The van der Waals surface area contributed by atoms with Crippen molar-refractivity contribution in [2.45, 2.75) is 26.3 Å². The number of quaternary nitrogens is 1. The first-order valence-corrected chi connectivity index (χ1v) is 8.51. The second-order valence-electron chi connectivity index (χ2n) is 6.35. The molecule has 4 nitrogen and oxygen atoms in total. The summed E-state index contributed by atoms with van der Waals surface area (Å²) in [7, 11) is 0. The van der Waals surface area contributed by atoms with Crippen LogP contribution in [0.4, 0.5) is 0 Å². The maximum Gasteiger partial charge on any atom is 0.271 e. The Labute approximate surface area is 143 Å². The molecule has 0 saturated carbocycles. The molecule has 0 radical (unpaired) electrons. The van der Waals surface area contributed by atoms with Gasteiger partial charge in [0, 0.05) is 29.7 Å². The third-order valence-electron chi connectivity index (χ3n) is 4.54. The maximum absolute atomic E-state index is 12.2. The molecule has 1 aliphatic rings. The number of benzene rings is 2. The molecule has 0 atom stereocenters. The van der Waals surface area contributed by atoms with Gasteiger partial charge in [-0.3, -0.25) is 4.79 Å². The van der Waals surface area contributed by atoms with Gasteiger partial charge in [0.25, 0.3) is 5.91 Å². The molecule has 24 heavy (non-hydrogen) atoms. The average molecular weight is 322 g/mol. The summed E-state index contributed by atoms with van der Waals surface area (Å²) >= 11 is 0. The molecule has 1 amide bonds. The Balaban J connectivity index is 1.50. The molecule has 0 bridgehead atoms. The Morgan fingerprint density at radius 3 is 2.42 bits per heavy atom. The highest BCUT2D eigenvalue weighted by Gasteiger charge is 2.19. The molecule has 0 aliphatic carbocycles. The highest BCUT2D eigenvalue weighted by molar-refractivity contribution is 5.96. The predicted molar refractivity (Wildman–Crippen MR) is 96.2 cm³/mol. The fourth-order valence-electron chi connectivity index (χ4n) is 3.08. The highest BCUT2D eigenvalue weighted by atomic mass is 16.2. The van der Waals surface area contributed by atoms with Crippen molar-refractivity contribution >= 4 is 11.6 Å². The van der Waals surface area contributed by atoms with Gasteiger partial charge in [-0.15, -0.1) is 0 Å². The Morgan fingerprint density at radius 2 is 1.71 bits per heavy atom. The number of carbonyl (C=O) groups excluding carboxylic acids is 1. The molecular formula is C20H24N3O+. The minimum atomic E-state index is -0.125. The number of hydrazone groups is 1. The molecule has 0 unspecified atom stereocenters. The average Bonchev–Trinajstić information content (AvgIpc) is 2.62. The van der Waals surface area contributed by atoms with Crippen LogP contribution in [-0.4, -0.2) is 24.7 Å². The van der Waals surface area contributed by atoms with Gasteiger partial charge in [-0.2, -0.15) is 5.10 Å². The van der Waals surface area contributed by atoms with Crippen molar-refractivity contribution in [2.75, 3.05) is 13.1 Å². The molecular weight excluding hydrogens is 298 g/mol. The van der Waals surface area contributed by atoms with E-state index in [-0.39, 0.29) is 5.91 Å². The molecule has 0 spiro atoms.